The minimum atomic E-state index is -0.424. The van der Waals surface area contributed by atoms with Crippen LogP contribution in [-0.2, 0) is 11.2 Å². The quantitative estimate of drug-likeness (QED) is 0.385. The van der Waals surface area contributed by atoms with E-state index in [4.69, 9.17) is 0 Å². The van der Waals surface area contributed by atoms with E-state index in [9.17, 15) is 14.9 Å². The summed E-state index contributed by atoms with van der Waals surface area (Å²) >= 11 is 0. The molecule has 0 radical (unpaired) electrons. The smallest absolute Gasteiger partial charge is 0.293 e. The Balaban J connectivity index is 1.67. The van der Waals surface area contributed by atoms with Crippen LogP contribution in [0.1, 0.15) is 5.56 Å². The molecule has 0 fully saturated rings. The highest BCUT2D eigenvalue weighted by molar-refractivity contribution is 5.96. The van der Waals surface area contributed by atoms with Crippen molar-refractivity contribution in [3.8, 4) is 11.3 Å². The maximum absolute atomic E-state index is 12.3. The predicted octanol–water partition coefficient (Wildman–Crippen LogP) is 4.92. The van der Waals surface area contributed by atoms with Gasteiger partial charge >= 0.3 is 0 Å². The second-order valence-corrected chi connectivity index (χ2v) is 6.48. The number of nitro groups is 1. The summed E-state index contributed by atoms with van der Waals surface area (Å²) in [7, 11) is 0. The molecule has 4 rings (SSSR count). The molecule has 1 heterocycles. The summed E-state index contributed by atoms with van der Waals surface area (Å²) < 4.78 is 0. The molecule has 0 saturated heterocycles. The number of para-hydroxylation sites is 1. The number of carbonyl (C=O) groups is 1. The van der Waals surface area contributed by atoms with Gasteiger partial charge in [-0.15, -0.1) is 0 Å². The molecule has 0 aliphatic rings. The molecule has 28 heavy (non-hydrogen) atoms. The number of benzene rings is 3. The van der Waals surface area contributed by atoms with E-state index in [0.717, 1.165) is 11.3 Å². The lowest BCUT2D eigenvalue weighted by Crippen LogP contribution is -2.14. The van der Waals surface area contributed by atoms with Gasteiger partial charge in [-0.1, -0.05) is 48.5 Å². The first-order valence-electron chi connectivity index (χ1n) is 8.80. The number of nitrogens with one attached hydrogen (secondary N) is 2. The van der Waals surface area contributed by atoms with Gasteiger partial charge in [0.05, 0.1) is 11.3 Å². The van der Waals surface area contributed by atoms with Gasteiger partial charge in [-0.05, 0) is 35.4 Å². The average Bonchev–Trinajstić information content (AvgIpc) is 3.12. The highest BCUT2D eigenvalue weighted by atomic mass is 16.6. The number of nitro benzene ring substituents is 1. The number of rotatable bonds is 5. The Morgan fingerprint density at radius 3 is 2.32 bits per heavy atom. The number of hydrogen-bond donors (Lipinski definition) is 2. The zero-order valence-electron chi connectivity index (χ0n) is 14.9. The average molecular weight is 371 g/mol. The van der Waals surface area contributed by atoms with Crippen molar-refractivity contribution < 1.29 is 9.72 Å². The van der Waals surface area contributed by atoms with E-state index < -0.39 is 4.92 Å². The third kappa shape index (κ3) is 3.61. The molecule has 0 spiro atoms. The minimum Gasteiger partial charge on any atom is -0.349 e. The number of hydrogen-bond acceptors (Lipinski definition) is 3. The Bertz CT molecular complexity index is 1150. The van der Waals surface area contributed by atoms with Crippen molar-refractivity contribution in [2.45, 2.75) is 6.42 Å². The van der Waals surface area contributed by atoms with E-state index in [2.05, 4.69) is 10.3 Å². The third-order valence-electron chi connectivity index (χ3n) is 4.47. The number of H-pyrrole nitrogens is 1. The van der Waals surface area contributed by atoms with Gasteiger partial charge in [0.1, 0.15) is 5.52 Å². The van der Waals surface area contributed by atoms with Gasteiger partial charge in [0.2, 0.25) is 5.91 Å². The number of aromatic amines is 1. The third-order valence-corrected chi connectivity index (χ3v) is 4.47. The van der Waals surface area contributed by atoms with Crippen LogP contribution in [0.3, 0.4) is 0 Å². The molecule has 0 aliphatic carbocycles. The van der Waals surface area contributed by atoms with Crippen LogP contribution in [0.15, 0.2) is 78.9 Å². The fourth-order valence-electron chi connectivity index (χ4n) is 3.22. The Morgan fingerprint density at radius 2 is 1.64 bits per heavy atom. The van der Waals surface area contributed by atoms with E-state index in [0.29, 0.717) is 22.2 Å². The summed E-state index contributed by atoms with van der Waals surface area (Å²) in [6.45, 7) is 0. The summed E-state index contributed by atoms with van der Waals surface area (Å²) in [5.74, 6) is -0.223. The molecule has 0 atom stereocenters. The molecule has 0 saturated carbocycles. The van der Waals surface area contributed by atoms with Gasteiger partial charge in [-0.3, -0.25) is 14.9 Å². The van der Waals surface area contributed by atoms with Gasteiger partial charge in [0.15, 0.2) is 0 Å². The van der Waals surface area contributed by atoms with Gasteiger partial charge in [-0.25, -0.2) is 0 Å². The summed E-state index contributed by atoms with van der Waals surface area (Å²) in [6, 6.07) is 23.9. The van der Waals surface area contributed by atoms with Crippen molar-refractivity contribution in [1.82, 2.24) is 4.98 Å². The highest BCUT2D eigenvalue weighted by Gasteiger charge is 2.18. The molecule has 138 valence electrons. The molecule has 0 aliphatic heterocycles. The van der Waals surface area contributed by atoms with Crippen molar-refractivity contribution in [1.29, 1.82) is 0 Å². The number of anilines is 1. The fraction of sp³-hybridized carbons (Fsp3) is 0.0455. The molecule has 0 unspecified atom stereocenters. The van der Waals surface area contributed by atoms with E-state index in [1.807, 2.05) is 60.7 Å². The lowest BCUT2D eigenvalue weighted by atomic mass is 10.1. The van der Waals surface area contributed by atoms with E-state index >= 15 is 0 Å². The molecule has 2 N–H and O–H groups in total. The zero-order valence-corrected chi connectivity index (χ0v) is 14.9. The number of nitrogens with zero attached hydrogens (tertiary/aromatic N) is 1. The van der Waals surface area contributed by atoms with E-state index in [1.54, 1.807) is 12.1 Å². The number of fused-ring (bicyclic) bond motifs is 1. The molecule has 3 aromatic carbocycles. The van der Waals surface area contributed by atoms with Crippen LogP contribution in [-0.4, -0.2) is 15.8 Å². The first kappa shape index (κ1) is 17.5. The fourth-order valence-corrected chi connectivity index (χ4v) is 3.22. The van der Waals surface area contributed by atoms with Crippen LogP contribution >= 0.6 is 0 Å². The summed E-state index contributed by atoms with van der Waals surface area (Å²) in [6.07, 6.45) is 0.0531. The Labute approximate surface area is 161 Å². The molecule has 6 heteroatoms. The normalized spacial score (nSPS) is 10.7. The SMILES string of the molecule is O=C(Cc1cc([N+](=O)[O-])c2[nH]c(-c3ccccc3)cc2c1)Nc1ccccc1. The van der Waals surface area contributed by atoms with Crippen molar-refractivity contribution >= 4 is 28.2 Å². The van der Waals surface area contributed by atoms with Crippen LogP contribution in [0.5, 0.6) is 0 Å². The topological polar surface area (TPSA) is 88.0 Å². The van der Waals surface area contributed by atoms with Gasteiger partial charge < -0.3 is 10.3 Å². The lowest BCUT2D eigenvalue weighted by molar-refractivity contribution is -0.383. The van der Waals surface area contributed by atoms with Gasteiger partial charge in [0.25, 0.3) is 5.69 Å². The number of non-ortho nitro benzene ring substituents is 1. The first-order chi connectivity index (χ1) is 13.6. The van der Waals surface area contributed by atoms with Gasteiger partial charge in [-0.2, -0.15) is 0 Å². The van der Waals surface area contributed by atoms with Crippen LogP contribution in [0.4, 0.5) is 11.4 Å². The maximum Gasteiger partial charge on any atom is 0.293 e. The first-order valence-corrected chi connectivity index (χ1v) is 8.80. The monoisotopic (exact) mass is 371 g/mol. The maximum atomic E-state index is 12.3. The van der Waals surface area contributed by atoms with Crippen molar-refractivity contribution in [3.05, 3.63) is 94.5 Å². The Morgan fingerprint density at radius 1 is 0.964 bits per heavy atom. The second-order valence-electron chi connectivity index (χ2n) is 6.48. The molecule has 4 aromatic rings. The molecule has 0 bridgehead atoms. The van der Waals surface area contributed by atoms with Crippen LogP contribution in [0.25, 0.3) is 22.2 Å². The summed E-state index contributed by atoms with van der Waals surface area (Å²) in [5, 5.41) is 15.1. The zero-order chi connectivity index (χ0) is 19.5. The van der Waals surface area contributed by atoms with Crippen molar-refractivity contribution in [3.63, 3.8) is 0 Å². The van der Waals surface area contributed by atoms with Crippen LogP contribution in [0.2, 0.25) is 0 Å². The van der Waals surface area contributed by atoms with Crippen LogP contribution in [0, 0.1) is 10.1 Å². The van der Waals surface area contributed by atoms with Gasteiger partial charge in [0, 0.05) is 22.8 Å². The summed E-state index contributed by atoms with van der Waals surface area (Å²) in [4.78, 5) is 26.6. The summed E-state index contributed by atoms with van der Waals surface area (Å²) in [5.41, 5.74) is 3.43. The molecule has 1 amide bonds. The Kier molecular flexibility index (Phi) is 4.60. The predicted molar refractivity (Wildman–Crippen MR) is 109 cm³/mol. The van der Waals surface area contributed by atoms with E-state index in [-0.39, 0.29) is 18.0 Å². The molecule has 6 nitrogen and oxygen atoms in total. The number of amides is 1. The minimum absolute atomic E-state index is 0.0396. The van der Waals surface area contributed by atoms with E-state index in [1.165, 1.54) is 6.07 Å². The number of aromatic nitrogens is 1. The lowest BCUT2D eigenvalue weighted by Gasteiger charge is -2.05. The number of carbonyl (C=O) groups excluding carboxylic acids is 1. The van der Waals surface area contributed by atoms with Crippen LogP contribution < -0.4 is 5.32 Å². The molecular weight excluding hydrogens is 354 g/mol. The van der Waals surface area contributed by atoms with Crippen molar-refractivity contribution in [2.24, 2.45) is 0 Å². The molecule has 1 aromatic heterocycles. The highest BCUT2D eigenvalue weighted by Crippen LogP contribution is 2.31. The molecular formula is C22H17N3O3. The Hall–Kier alpha value is -3.93. The largest absolute Gasteiger partial charge is 0.349 e. The second kappa shape index (κ2) is 7.36. The van der Waals surface area contributed by atoms with Crippen molar-refractivity contribution in [2.75, 3.05) is 5.32 Å². The standard InChI is InChI=1S/C22H17N3O3/c26-21(23-18-9-5-2-6-10-18)13-15-11-17-14-19(16-7-3-1-4-8-16)24-22(17)20(12-15)25(27)28/h1-12,14,24H,13H2,(H,23,26).